The Labute approximate surface area is 141 Å². The molecule has 5 rings (SSSR count). The molecule has 5 heterocycles. The van der Waals surface area contributed by atoms with E-state index in [1.807, 2.05) is 18.2 Å². The number of rotatable bonds is 1. The first-order chi connectivity index (χ1) is 12.3. The van der Waals surface area contributed by atoms with Crippen LogP contribution in [-0.2, 0) is 0 Å². The van der Waals surface area contributed by atoms with Crippen LogP contribution in [-0.4, -0.2) is 24.9 Å². The van der Waals surface area contributed by atoms with Gasteiger partial charge in [-0.25, -0.2) is 15.0 Å². The lowest BCUT2D eigenvalue weighted by Crippen LogP contribution is -1.95. The fourth-order valence-electron chi connectivity index (χ4n) is 2.99. The average molecular weight is 330 g/mol. The Kier molecular flexibility index (Phi) is 2.87. The van der Waals surface area contributed by atoms with Crippen molar-refractivity contribution in [2.75, 3.05) is 5.32 Å². The first-order valence-electron chi connectivity index (χ1n) is 7.68. The fourth-order valence-corrected chi connectivity index (χ4v) is 2.99. The Hall–Kier alpha value is -3.61. The van der Waals surface area contributed by atoms with E-state index in [4.69, 9.17) is 4.98 Å². The van der Waals surface area contributed by atoms with E-state index >= 15 is 0 Å². The molecule has 2 N–H and O–H groups in total. The zero-order valence-electron chi connectivity index (χ0n) is 12.9. The summed E-state index contributed by atoms with van der Waals surface area (Å²) in [7, 11) is 0. The quantitative estimate of drug-likeness (QED) is 0.457. The molecule has 0 saturated heterocycles. The highest BCUT2D eigenvalue weighted by Crippen LogP contribution is 2.42. The van der Waals surface area contributed by atoms with Gasteiger partial charge in [0.25, 0.3) is 0 Å². The van der Waals surface area contributed by atoms with E-state index in [1.165, 1.54) is 12.3 Å². The molecule has 0 bridgehead atoms. The zero-order valence-corrected chi connectivity index (χ0v) is 12.9. The first-order valence-corrected chi connectivity index (χ1v) is 7.68. The summed E-state index contributed by atoms with van der Waals surface area (Å²) in [6.45, 7) is 0. The SMILES string of the molecule is Fc1cc(-c2nc3c([nH]2)-c2ccncc2Nc2ncccc2-3)ccn1. The molecule has 7 heteroatoms. The summed E-state index contributed by atoms with van der Waals surface area (Å²) in [6, 6.07) is 8.79. The lowest BCUT2D eigenvalue weighted by molar-refractivity contribution is 0.584. The summed E-state index contributed by atoms with van der Waals surface area (Å²) in [6.07, 6.45) is 6.61. The summed E-state index contributed by atoms with van der Waals surface area (Å²) in [5, 5.41) is 3.30. The highest BCUT2D eigenvalue weighted by atomic mass is 19.1. The number of hydrogen-bond donors (Lipinski definition) is 2. The predicted octanol–water partition coefficient (Wildman–Crippen LogP) is 3.79. The number of anilines is 2. The highest BCUT2D eigenvalue weighted by molar-refractivity contribution is 5.95. The van der Waals surface area contributed by atoms with E-state index in [-0.39, 0.29) is 0 Å². The molecule has 4 aromatic rings. The van der Waals surface area contributed by atoms with Crippen molar-refractivity contribution in [1.82, 2.24) is 24.9 Å². The number of nitrogens with one attached hydrogen (secondary N) is 2. The van der Waals surface area contributed by atoms with Crippen molar-refractivity contribution >= 4 is 11.5 Å². The molecule has 0 aliphatic carbocycles. The van der Waals surface area contributed by atoms with Gasteiger partial charge in [-0.15, -0.1) is 0 Å². The van der Waals surface area contributed by atoms with Crippen LogP contribution in [0.3, 0.4) is 0 Å². The average Bonchev–Trinajstić information content (AvgIpc) is 3.03. The summed E-state index contributed by atoms with van der Waals surface area (Å²) in [5.41, 5.74) is 4.85. The van der Waals surface area contributed by atoms with Gasteiger partial charge < -0.3 is 10.3 Å². The molecule has 1 aliphatic heterocycles. The summed E-state index contributed by atoms with van der Waals surface area (Å²) < 4.78 is 13.5. The molecule has 0 aromatic carbocycles. The third-order valence-corrected chi connectivity index (χ3v) is 4.11. The second kappa shape index (κ2) is 5.20. The smallest absolute Gasteiger partial charge is 0.213 e. The van der Waals surface area contributed by atoms with Gasteiger partial charge in [0.05, 0.1) is 17.6 Å². The van der Waals surface area contributed by atoms with Crippen LogP contribution in [0.5, 0.6) is 0 Å². The van der Waals surface area contributed by atoms with Crippen molar-refractivity contribution in [3.63, 3.8) is 0 Å². The van der Waals surface area contributed by atoms with E-state index < -0.39 is 5.95 Å². The molecule has 0 radical (unpaired) electrons. The lowest BCUT2D eigenvalue weighted by atomic mass is 10.1. The molecule has 0 atom stereocenters. The van der Waals surface area contributed by atoms with Crippen molar-refractivity contribution in [3.05, 3.63) is 61.1 Å². The van der Waals surface area contributed by atoms with E-state index in [0.717, 1.165) is 28.2 Å². The molecule has 0 unspecified atom stereocenters. The van der Waals surface area contributed by atoms with Crippen molar-refractivity contribution in [2.24, 2.45) is 0 Å². The van der Waals surface area contributed by atoms with Gasteiger partial charge >= 0.3 is 0 Å². The number of nitrogens with zero attached hydrogens (tertiary/aromatic N) is 4. The van der Waals surface area contributed by atoms with Crippen molar-refractivity contribution in [2.45, 2.75) is 0 Å². The molecule has 0 amide bonds. The maximum Gasteiger partial charge on any atom is 0.213 e. The van der Waals surface area contributed by atoms with Gasteiger partial charge in [0.2, 0.25) is 5.95 Å². The molecule has 25 heavy (non-hydrogen) atoms. The minimum atomic E-state index is -0.544. The third-order valence-electron chi connectivity index (χ3n) is 4.11. The van der Waals surface area contributed by atoms with Gasteiger partial charge in [0.1, 0.15) is 17.3 Å². The standard InChI is InChI=1S/C18H11FN6/c19-14-8-10(3-7-21-14)17-24-15-11-4-6-20-9-13(11)23-18-12(16(15)25-17)2-1-5-22-18/h1-9H,(H,22,23)(H,24,25). The molecule has 0 spiro atoms. The van der Waals surface area contributed by atoms with Crippen molar-refractivity contribution in [3.8, 4) is 33.9 Å². The number of pyridine rings is 3. The number of aromatic amines is 1. The topological polar surface area (TPSA) is 79.4 Å². The number of fused-ring (bicyclic) bond motifs is 5. The Morgan fingerprint density at radius 3 is 2.84 bits per heavy atom. The van der Waals surface area contributed by atoms with Gasteiger partial charge in [-0.3, -0.25) is 4.98 Å². The molecule has 1 aliphatic rings. The fraction of sp³-hybridized carbons (Fsp3) is 0. The molecule has 0 saturated carbocycles. The molecule has 120 valence electrons. The van der Waals surface area contributed by atoms with E-state index in [1.54, 1.807) is 24.7 Å². The van der Waals surface area contributed by atoms with Crippen LogP contribution in [0.4, 0.5) is 15.9 Å². The van der Waals surface area contributed by atoms with Gasteiger partial charge in [0, 0.05) is 41.3 Å². The minimum Gasteiger partial charge on any atom is -0.338 e. The highest BCUT2D eigenvalue weighted by Gasteiger charge is 2.24. The largest absolute Gasteiger partial charge is 0.338 e. The molecular formula is C18H11FN6. The molecular weight excluding hydrogens is 319 g/mol. The van der Waals surface area contributed by atoms with Crippen molar-refractivity contribution in [1.29, 1.82) is 0 Å². The molecule has 0 fully saturated rings. The Balaban J connectivity index is 1.80. The summed E-state index contributed by atoms with van der Waals surface area (Å²) >= 11 is 0. The Bertz CT molecular complexity index is 1040. The van der Waals surface area contributed by atoms with Gasteiger partial charge in [-0.1, -0.05) is 0 Å². The summed E-state index contributed by atoms with van der Waals surface area (Å²) in [4.78, 5) is 20.2. The lowest BCUT2D eigenvalue weighted by Gasteiger charge is -2.07. The zero-order chi connectivity index (χ0) is 16.8. The van der Waals surface area contributed by atoms with E-state index in [9.17, 15) is 4.39 Å². The predicted molar refractivity (Wildman–Crippen MR) is 91.5 cm³/mol. The van der Waals surface area contributed by atoms with Crippen LogP contribution in [0.2, 0.25) is 0 Å². The maximum atomic E-state index is 13.5. The van der Waals surface area contributed by atoms with Crippen LogP contribution in [0.25, 0.3) is 33.9 Å². The van der Waals surface area contributed by atoms with Crippen LogP contribution in [0, 0.1) is 5.95 Å². The third kappa shape index (κ3) is 2.17. The van der Waals surface area contributed by atoms with Crippen LogP contribution >= 0.6 is 0 Å². The van der Waals surface area contributed by atoms with Crippen molar-refractivity contribution < 1.29 is 4.39 Å². The summed E-state index contributed by atoms with van der Waals surface area (Å²) in [5.74, 6) is 0.734. The minimum absolute atomic E-state index is 0.544. The number of halogens is 1. The van der Waals surface area contributed by atoms with E-state index in [2.05, 4.69) is 25.3 Å². The van der Waals surface area contributed by atoms with Gasteiger partial charge in [-0.05, 0) is 24.3 Å². The monoisotopic (exact) mass is 330 g/mol. The normalized spacial score (nSPS) is 11.7. The first kappa shape index (κ1) is 13.8. The maximum absolute atomic E-state index is 13.5. The Morgan fingerprint density at radius 1 is 0.960 bits per heavy atom. The number of H-pyrrole nitrogens is 1. The number of imidazole rings is 1. The number of hydrogen-bond acceptors (Lipinski definition) is 5. The van der Waals surface area contributed by atoms with Gasteiger partial charge in [0.15, 0.2) is 0 Å². The van der Waals surface area contributed by atoms with Crippen LogP contribution in [0.1, 0.15) is 0 Å². The Morgan fingerprint density at radius 2 is 1.92 bits per heavy atom. The van der Waals surface area contributed by atoms with Crippen LogP contribution < -0.4 is 5.32 Å². The van der Waals surface area contributed by atoms with E-state index in [0.29, 0.717) is 17.2 Å². The number of aromatic nitrogens is 5. The molecule has 6 nitrogen and oxygen atoms in total. The second-order valence-electron chi connectivity index (χ2n) is 5.62. The second-order valence-corrected chi connectivity index (χ2v) is 5.62. The molecule has 4 aromatic heterocycles. The van der Waals surface area contributed by atoms with Crippen LogP contribution in [0.15, 0.2) is 55.1 Å². The van der Waals surface area contributed by atoms with Gasteiger partial charge in [-0.2, -0.15) is 4.39 Å².